The van der Waals surface area contributed by atoms with Gasteiger partial charge < -0.3 is 14.4 Å². The second kappa shape index (κ2) is 19.5. The summed E-state index contributed by atoms with van der Waals surface area (Å²) in [6.07, 6.45) is 8.74. The van der Waals surface area contributed by atoms with Crippen molar-refractivity contribution in [1.82, 2.24) is 4.98 Å². The Hall–Kier alpha value is -4.29. The number of unbranched alkanes of at least 4 members (excludes halogenated alkanes) is 6. The number of carbonyl (C=O) groups is 2. The summed E-state index contributed by atoms with van der Waals surface area (Å²) in [5.41, 5.74) is 4.10. The molecule has 0 fully saturated rings. The molecule has 0 amide bonds. The largest absolute Gasteiger partial charge is 0.463 e. The first-order valence-corrected chi connectivity index (χ1v) is 18.2. The number of carbonyl (C=O) groups excluding carboxylic acids is 2. The molecule has 4 rings (SSSR count). The zero-order chi connectivity index (χ0) is 34.1. The van der Waals surface area contributed by atoms with E-state index in [0.717, 1.165) is 83.6 Å². The highest BCUT2D eigenvalue weighted by molar-refractivity contribution is 7.30. The van der Waals surface area contributed by atoms with Crippen molar-refractivity contribution < 1.29 is 19.1 Å². The quantitative estimate of drug-likeness (QED) is 0.0394. The number of fused-ring (bicyclic) bond motifs is 1. The Morgan fingerprint density at radius 2 is 1.48 bits per heavy atom. The monoisotopic (exact) mass is 688 g/mol. The van der Waals surface area contributed by atoms with E-state index in [1.807, 2.05) is 30.3 Å². The lowest BCUT2D eigenvalue weighted by molar-refractivity contribution is -0.163. The molecule has 0 aliphatic heterocycles. The molecule has 2 aromatic heterocycles. The van der Waals surface area contributed by atoms with Gasteiger partial charge in [-0.05, 0) is 88.1 Å². The van der Waals surface area contributed by atoms with Crippen LogP contribution in [-0.4, -0.2) is 42.7 Å². The number of esters is 2. The molecule has 0 saturated carbocycles. The number of nitrogens with zero attached hydrogens (tertiary/aromatic N) is 6. The Labute approximate surface area is 290 Å². The van der Waals surface area contributed by atoms with E-state index in [1.165, 1.54) is 53.7 Å². The number of anilines is 1. The summed E-state index contributed by atoms with van der Waals surface area (Å²) in [6.45, 7) is 11.4. The molecule has 1 atom stereocenters. The lowest BCUT2D eigenvalue weighted by Gasteiger charge is -2.20. The summed E-state index contributed by atoms with van der Waals surface area (Å²) in [6, 6.07) is 18.4. The third kappa shape index (κ3) is 11.7. The second-order valence-corrected chi connectivity index (χ2v) is 13.2. The molecular formula is C36H44N6O4S2. The van der Waals surface area contributed by atoms with Crippen LogP contribution in [-0.2, 0) is 25.5 Å². The Morgan fingerprint density at radius 1 is 0.854 bits per heavy atom. The summed E-state index contributed by atoms with van der Waals surface area (Å²) >= 11 is 2.99. The third-order valence-electron chi connectivity index (χ3n) is 7.64. The van der Waals surface area contributed by atoms with E-state index in [2.05, 4.69) is 75.0 Å². The van der Waals surface area contributed by atoms with Crippen LogP contribution in [0, 0.1) is 0 Å². The number of aromatic nitrogens is 1. The van der Waals surface area contributed by atoms with Gasteiger partial charge in [-0.2, -0.15) is 0 Å². The number of rotatable bonds is 20. The van der Waals surface area contributed by atoms with Gasteiger partial charge >= 0.3 is 11.9 Å². The number of thiophene rings is 1. The Morgan fingerprint density at radius 3 is 2.12 bits per heavy atom. The lowest BCUT2D eigenvalue weighted by Crippen LogP contribution is -2.25. The summed E-state index contributed by atoms with van der Waals surface area (Å²) in [7, 11) is 0. The number of azo groups is 2. The summed E-state index contributed by atoms with van der Waals surface area (Å²) in [4.78, 5) is 30.7. The van der Waals surface area contributed by atoms with Crippen molar-refractivity contribution in [3.05, 3.63) is 72.8 Å². The highest BCUT2D eigenvalue weighted by Crippen LogP contribution is 2.39. The van der Waals surface area contributed by atoms with E-state index in [1.54, 1.807) is 0 Å². The van der Waals surface area contributed by atoms with Gasteiger partial charge in [0.15, 0.2) is 6.10 Å². The smallest absolute Gasteiger partial charge is 0.347 e. The fourth-order valence-electron chi connectivity index (χ4n) is 4.94. The summed E-state index contributed by atoms with van der Waals surface area (Å²) in [5.74, 6) is -1.15. The van der Waals surface area contributed by atoms with Gasteiger partial charge in [-0.15, -0.1) is 20.5 Å². The van der Waals surface area contributed by atoms with Gasteiger partial charge in [0.2, 0.25) is 5.13 Å². The molecule has 0 saturated heterocycles. The standard InChI is InChI=1S/C36H44N6O4S2/c1-5-33(43)46-26(4)35(44)45-24-14-12-10-8-9-11-13-15-27-16-18-28(19-17-27)38-40-32-25-31-34(48-32)37-36(47-31)41-39-29-20-22-30(23-21-29)42(6-2)7-3/h5,16-23,25-26H,1,6-15,24H2,2-4H3. The first kappa shape index (κ1) is 36.5. The van der Waals surface area contributed by atoms with Gasteiger partial charge in [0, 0.05) is 24.9 Å². The SMILES string of the molecule is C=CC(=O)OC(C)C(=O)OCCCCCCCCCc1ccc(N=Nc2cc3sc(N=Nc4ccc(N(CC)CC)cc4)nc3s2)cc1. The lowest BCUT2D eigenvalue weighted by atomic mass is 10.0. The van der Waals surface area contributed by atoms with Crippen LogP contribution in [0.15, 0.2) is 87.7 Å². The van der Waals surface area contributed by atoms with E-state index in [-0.39, 0.29) is 0 Å². The zero-order valence-corrected chi connectivity index (χ0v) is 29.6. The van der Waals surface area contributed by atoms with E-state index >= 15 is 0 Å². The minimum atomic E-state index is -0.912. The van der Waals surface area contributed by atoms with Gasteiger partial charge in [0.1, 0.15) is 9.83 Å². The van der Waals surface area contributed by atoms with E-state index in [4.69, 9.17) is 9.47 Å². The first-order valence-electron chi connectivity index (χ1n) is 16.6. The van der Waals surface area contributed by atoms with Crippen LogP contribution in [0.4, 0.5) is 27.2 Å². The molecule has 1 unspecified atom stereocenters. The highest BCUT2D eigenvalue weighted by atomic mass is 32.1. The highest BCUT2D eigenvalue weighted by Gasteiger charge is 2.17. The predicted molar refractivity (Wildman–Crippen MR) is 195 cm³/mol. The number of hydrogen-bond donors (Lipinski definition) is 0. The average Bonchev–Trinajstić information content (AvgIpc) is 3.67. The number of aryl methyl sites for hydroxylation is 1. The van der Waals surface area contributed by atoms with Crippen LogP contribution in [0.1, 0.15) is 71.3 Å². The van der Waals surface area contributed by atoms with Gasteiger partial charge in [0.05, 0.1) is 22.7 Å². The average molecular weight is 689 g/mol. The van der Waals surface area contributed by atoms with E-state index in [9.17, 15) is 9.59 Å². The Balaban J connectivity index is 1.10. The van der Waals surface area contributed by atoms with Crippen molar-refractivity contribution in [2.45, 2.75) is 78.2 Å². The number of hydrogen-bond acceptors (Lipinski definition) is 12. The topological polar surface area (TPSA) is 118 Å². The van der Waals surface area contributed by atoms with Crippen LogP contribution in [0.5, 0.6) is 0 Å². The van der Waals surface area contributed by atoms with Crippen LogP contribution in [0.2, 0.25) is 0 Å². The number of ether oxygens (including phenoxy) is 2. The van der Waals surface area contributed by atoms with Crippen molar-refractivity contribution in [3.8, 4) is 0 Å². The van der Waals surface area contributed by atoms with Crippen LogP contribution in [0.25, 0.3) is 9.53 Å². The maximum absolute atomic E-state index is 11.8. The van der Waals surface area contributed by atoms with Gasteiger partial charge in [-0.25, -0.2) is 14.6 Å². The molecular weight excluding hydrogens is 645 g/mol. The van der Waals surface area contributed by atoms with Crippen LogP contribution < -0.4 is 4.90 Å². The molecule has 12 heteroatoms. The molecule has 4 aromatic rings. The minimum Gasteiger partial charge on any atom is -0.463 e. The van der Waals surface area contributed by atoms with E-state index in [0.29, 0.717) is 11.7 Å². The van der Waals surface area contributed by atoms with Gasteiger partial charge in [-0.3, -0.25) is 0 Å². The van der Waals surface area contributed by atoms with Crippen molar-refractivity contribution >= 4 is 71.3 Å². The molecule has 0 aliphatic carbocycles. The maximum atomic E-state index is 11.8. The maximum Gasteiger partial charge on any atom is 0.347 e. The second-order valence-electron chi connectivity index (χ2n) is 11.2. The third-order valence-corrected chi connectivity index (χ3v) is 9.57. The molecule has 254 valence electrons. The van der Waals surface area contributed by atoms with Gasteiger partial charge in [-0.1, -0.05) is 73.5 Å². The zero-order valence-electron chi connectivity index (χ0n) is 28.0. The Bertz CT molecular complexity index is 1630. The predicted octanol–water partition coefficient (Wildman–Crippen LogP) is 11.0. The molecule has 48 heavy (non-hydrogen) atoms. The fourth-order valence-corrected chi connectivity index (χ4v) is 6.78. The van der Waals surface area contributed by atoms with Crippen LogP contribution >= 0.6 is 22.7 Å². The first-order chi connectivity index (χ1) is 23.4. The normalized spacial score (nSPS) is 12.1. The van der Waals surface area contributed by atoms with E-state index < -0.39 is 18.0 Å². The van der Waals surface area contributed by atoms with Crippen molar-refractivity contribution in [2.75, 3.05) is 24.6 Å². The van der Waals surface area contributed by atoms with Crippen molar-refractivity contribution in [1.29, 1.82) is 0 Å². The molecule has 2 heterocycles. The summed E-state index contributed by atoms with van der Waals surface area (Å²) < 4.78 is 11.0. The van der Waals surface area contributed by atoms with Crippen molar-refractivity contribution in [3.63, 3.8) is 0 Å². The minimum absolute atomic E-state index is 0.343. The molecule has 0 aliphatic rings. The molecule has 0 spiro atoms. The summed E-state index contributed by atoms with van der Waals surface area (Å²) in [5, 5.41) is 19.0. The molecule has 10 nitrogen and oxygen atoms in total. The molecule has 0 bridgehead atoms. The molecule has 0 N–H and O–H groups in total. The number of thiazole rings is 1. The van der Waals surface area contributed by atoms with Gasteiger partial charge in [0.25, 0.3) is 0 Å². The number of benzene rings is 2. The molecule has 0 radical (unpaired) electrons. The van der Waals surface area contributed by atoms with Crippen LogP contribution in [0.3, 0.4) is 0 Å². The fraction of sp³-hybridized carbons (Fsp3) is 0.417. The van der Waals surface area contributed by atoms with Crippen molar-refractivity contribution in [2.24, 2.45) is 20.5 Å². The molecule has 2 aromatic carbocycles. The Kier molecular flexibility index (Phi) is 14.9.